The van der Waals surface area contributed by atoms with Crippen LogP contribution >= 0.6 is 12.6 Å². The number of carbonyl (C=O) groups is 2. The molecule has 7 heteroatoms. The van der Waals surface area contributed by atoms with Gasteiger partial charge in [-0.2, -0.15) is 0 Å². The van der Waals surface area contributed by atoms with Gasteiger partial charge < -0.3 is 19.7 Å². The van der Waals surface area contributed by atoms with Crippen LogP contribution in [0, 0.1) is 0 Å². The van der Waals surface area contributed by atoms with Gasteiger partial charge in [0, 0.05) is 29.6 Å². The van der Waals surface area contributed by atoms with Gasteiger partial charge in [0.05, 0.1) is 5.56 Å². The normalized spacial score (nSPS) is 16.3. The van der Waals surface area contributed by atoms with E-state index in [-0.39, 0.29) is 24.6 Å². The molecule has 2 aromatic rings. The molecule has 0 aromatic heterocycles. The molecule has 6 nitrogen and oxygen atoms in total. The number of rotatable bonds is 3. The lowest BCUT2D eigenvalue weighted by Gasteiger charge is -2.32. The van der Waals surface area contributed by atoms with E-state index in [0.717, 1.165) is 12.8 Å². The van der Waals surface area contributed by atoms with Crippen LogP contribution in [0.3, 0.4) is 0 Å². The summed E-state index contributed by atoms with van der Waals surface area (Å²) in [5.41, 5.74) is 1.16. The zero-order chi connectivity index (χ0) is 18.8. The van der Waals surface area contributed by atoms with Gasteiger partial charge >= 0.3 is 0 Å². The van der Waals surface area contributed by atoms with Crippen LogP contribution in [0.5, 0.6) is 11.5 Å². The molecule has 0 atom stereocenters. The number of fused-ring (bicyclic) bond motifs is 1. The zero-order valence-electron chi connectivity index (χ0n) is 14.7. The lowest BCUT2D eigenvalue weighted by Crippen LogP contribution is -2.46. The van der Waals surface area contributed by atoms with Crippen molar-refractivity contribution in [2.45, 2.75) is 23.8 Å². The maximum absolute atomic E-state index is 12.7. The Labute approximate surface area is 162 Å². The third kappa shape index (κ3) is 3.73. The first-order chi connectivity index (χ1) is 13.1. The van der Waals surface area contributed by atoms with Crippen molar-refractivity contribution in [3.63, 3.8) is 0 Å². The molecule has 0 bridgehead atoms. The van der Waals surface area contributed by atoms with Crippen molar-refractivity contribution in [2.24, 2.45) is 0 Å². The average molecular weight is 384 g/mol. The topological polar surface area (TPSA) is 67.9 Å². The molecule has 2 aliphatic heterocycles. The van der Waals surface area contributed by atoms with Crippen LogP contribution in [-0.4, -0.2) is 42.6 Å². The number of hydrogen-bond donors (Lipinski definition) is 2. The van der Waals surface area contributed by atoms with Gasteiger partial charge in [-0.3, -0.25) is 9.59 Å². The fourth-order valence-electron chi connectivity index (χ4n) is 3.37. The van der Waals surface area contributed by atoms with Gasteiger partial charge in [-0.05, 0) is 43.2 Å². The molecule has 0 saturated carbocycles. The number of nitrogens with zero attached hydrogens (tertiary/aromatic N) is 1. The fraction of sp³-hybridized carbons (Fsp3) is 0.300. The van der Waals surface area contributed by atoms with Crippen LogP contribution in [0.25, 0.3) is 0 Å². The standard InChI is InChI=1S/C20H20N2O4S/c23-19(15-3-1-2-4-18(15)27)21-14-7-9-22(10-8-14)20(24)13-5-6-16-17(11-13)26-12-25-16/h1-6,11,14,27H,7-10,12H2,(H,21,23). The van der Waals surface area contributed by atoms with Crippen molar-refractivity contribution in [1.82, 2.24) is 10.2 Å². The molecule has 2 aliphatic rings. The van der Waals surface area contributed by atoms with Gasteiger partial charge in [0.25, 0.3) is 11.8 Å². The van der Waals surface area contributed by atoms with Gasteiger partial charge in [0.15, 0.2) is 11.5 Å². The van der Waals surface area contributed by atoms with Crippen LogP contribution in [-0.2, 0) is 0 Å². The van der Waals surface area contributed by atoms with E-state index in [2.05, 4.69) is 17.9 Å². The first-order valence-corrected chi connectivity index (χ1v) is 9.34. The van der Waals surface area contributed by atoms with E-state index in [4.69, 9.17) is 9.47 Å². The van der Waals surface area contributed by atoms with Gasteiger partial charge in [0.1, 0.15) is 0 Å². The smallest absolute Gasteiger partial charge is 0.253 e. The van der Waals surface area contributed by atoms with Crippen molar-refractivity contribution in [2.75, 3.05) is 19.9 Å². The predicted molar refractivity (Wildman–Crippen MR) is 103 cm³/mol. The van der Waals surface area contributed by atoms with Crippen molar-refractivity contribution in [3.05, 3.63) is 53.6 Å². The van der Waals surface area contributed by atoms with Crippen molar-refractivity contribution in [3.8, 4) is 11.5 Å². The van der Waals surface area contributed by atoms with Crippen LogP contribution < -0.4 is 14.8 Å². The summed E-state index contributed by atoms with van der Waals surface area (Å²) in [6.07, 6.45) is 1.44. The number of nitrogens with one attached hydrogen (secondary N) is 1. The first kappa shape index (κ1) is 17.7. The highest BCUT2D eigenvalue weighted by molar-refractivity contribution is 7.80. The number of amides is 2. The van der Waals surface area contributed by atoms with Gasteiger partial charge in [-0.15, -0.1) is 12.6 Å². The molecule has 2 aromatic carbocycles. The second-order valence-electron chi connectivity index (χ2n) is 6.63. The summed E-state index contributed by atoms with van der Waals surface area (Å²) in [5, 5.41) is 3.05. The number of benzene rings is 2. The van der Waals surface area contributed by atoms with E-state index >= 15 is 0 Å². The van der Waals surface area contributed by atoms with Gasteiger partial charge in [0.2, 0.25) is 6.79 Å². The highest BCUT2D eigenvalue weighted by Gasteiger charge is 2.26. The van der Waals surface area contributed by atoms with E-state index < -0.39 is 0 Å². The lowest BCUT2D eigenvalue weighted by atomic mass is 10.0. The number of hydrogen-bond acceptors (Lipinski definition) is 5. The van der Waals surface area contributed by atoms with E-state index in [0.29, 0.717) is 40.6 Å². The molecule has 1 fully saturated rings. The fourth-order valence-corrected chi connectivity index (χ4v) is 3.63. The minimum Gasteiger partial charge on any atom is -0.454 e. The van der Waals surface area contributed by atoms with Gasteiger partial charge in [-0.25, -0.2) is 0 Å². The first-order valence-electron chi connectivity index (χ1n) is 8.89. The number of thiol groups is 1. The Hall–Kier alpha value is -2.67. The van der Waals surface area contributed by atoms with Crippen LogP contribution in [0.2, 0.25) is 0 Å². The summed E-state index contributed by atoms with van der Waals surface area (Å²) in [4.78, 5) is 27.6. The summed E-state index contributed by atoms with van der Waals surface area (Å²) in [7, 11) is 0. The summed E-state index contributed by atoms with van der Waals surface area (Å²) in [6.45, 7) is 1.38. The van der Waals surface area contributed by atoms with E-state index in [1.165, 1.54) is 0 Å². The number of piperidine rings is 1. The Balaban J connectivity index is 1.34. The molecule has 4 rings (SSSR count). The largest absolute Gasteiger partial charge is 0.454 e. The molecule has 0 radical (unpaired) electrons. The average Bonchev–Trinajstić information content (AvgIpc) is 3.16. The summed E-state index contributed by atoms with van der Waals surface area (Å²) in [6, 6.07) is 12.5. The molecular weight excluding hydrogens is 364 g/mol. The molecule has 1 saturated heterocycles. The number of carbonyl (C=O) groups excluding carboxylic acids is 2. The van der Waals surface area contributed by atoms with Crippen LogP contribution in [0.15, 0.2) is 47.4 Å². The monoisotopic (exact) mass is 384 g/mol. The molecule has 1 N–H and O–H groups in total. The van der Waals surface area contributed by atoms with Crippen LogP contribution in [0.4, 0.5) is 0 Å². The Morgan fingerprint density at radius 1 is 1.04 bits per heavy atom. The minimum atomic E-state index is -0.124. The number of likely N-dealkylation sites (tertiary alicyclic amines) is 1. The third-order valence-corrected chi connectivity index (χ3v) is 5.28. The third-order valence-electron chi connectivity index (χ3n) is 4.89. The van der Waals surface area contributed by atoms with Crippen molar-refractivity contribution in [1.29, 1.82) is 0 Å². The SMILES string of the molecule is O=C(NC1CCN(C(=O)c2ccc3c(c2)OCO3)CC1)c1ccccc1S. The molecule has 0 unspecified atom stereocenters. The molecule has 0 spiro atoms. The summed E-state index contributed by atoms with van der Waals surface area (Å²) in [5.74, 6) is 1.12. The molecule has 140 valence electrons. The maximum atomic E-state index is 12.7. The zero-order valence-corrected chi connectivity index (χ0v) is 15.6. The van der Waals surface area contributed by atoms with E-state index in [1.807, 2.05) is 17.0 Å². The Morgan fingerprint density at radius 2 is 1.78 bits per heavy atom. The highest BCUT2D eigenvalue weighted by atomic mass is 32.1. The molecular formula is C20H20N2O4S. The summed E-state index contributed by atoms with van der Waals surface area (Å²) < 4.78 is 10.6. The van der Waals surface area contributed by atoms with E-state index in [1.54, 1.807) is 30.3 Å². The Kier molecular flexibility index (Phi) is 4.94. The maximum Gasteiger partial charge on any atom is 0.253 e. The van der Waals surface area contributed by atoms with Crippen molar-refractivity contribution < 1.29 is 19.1 Å². The predicted octanol–water partition coefficient (Wildman–Crippen LogP) is 2.74. The van der Waals surface area contributed by atoms with Crippen molar-refractivity contribution >= 4 is 24.4 Å². The molecule has 2 amide bonds. The van der Waals surface area contributed by atoms with Crippen LogP contribution in [0.1, 0.15) is 33.6 Å². The molecule has 2 heterocycles. The Bertz CT molecular complexity index is 878. The Morgan fingerprint density at radius 3 is 2.56 bits per heavy atom. The van der Waals surface area contributed by atoms with E-state index in [9.17, 15) is 9.59 Å². The second-order valence-corrected chi connectivity index (χ2v) is 7.11. The quantitative estimate of drug-likeness (QED) is 0.799. The highest BCUT2D eigenvalue weighted by Crippen LogP contribution is 2.33. The number of ether oxygens (including phenoxy) is 2. The molecule has 0 aliphatic carbocycles. The van der Waals surface area contributed by atoms with Gasteiger partial charge in [-0.1, -0.05) is 12.1 Å². The second kappa shape index (κ2) is 7.52. The summed E-state index contributed by atoms with van der Waals surface area (Å²) >= 11 is 4.33. The molecule has 27 heavy (non-hydrogen) atoms. The minimum absolute atomic E-state index is 0.0289. The lowest BCUT2D eigenvalue weighted by molar-refractivity contribution is 0.0697.